The lowest BCUT2D eigenvalue weighted by molar-refractivity contribution is -0.00630. The molecule has 0 saturated carbocycles. The van der Waals surface area contributed by atoms with Crippen molar-refractivity contribution in [1.29, 1.82) is 0 Å². The topological polar surface area (TPSA) is 148 Å². The van der Waals surface area contributed by atoms with Crippen LogP contribution in [-0.4, -0.2) is 49.5 Å². The molecule has 0 aromatic heterocycles. The van der Waals surface area contributed by atoms with Crippen LogP contribution in [0.5, 0.6) is 0 Å². The lowest BCUT2D eigenvalue weighted by atomic mass is 10.2. The summed E-state index contributed by atoms with van der Waals surface area (Å²) in [5.41, 5.74) is 10.9. The van der Waals surface area contributed by atoms with Gasteiger partial charge in [0.15, 0.2) is 0 Å². The van der Waals surface area contributed by atoms with Gasteiger partial charge in [0.1, 0.15) is 5.60 Å². The molecule has 0 fully saturated rings. The second-order valence-electron chi connectivity index (χ2n) is 5.16. The molecular formula is C13H26N4O6. The van der Waals surface area contributed by atoms with E-state index in [4.69, 9.17) is 16.2 Å². The van der Waals surface area contributed by atoms with E-state index in [1.807, 2.05) is 0 Å². The fourth-order valence-electron chi connectivity index (χ4n) is 0.611. The number of carbonyl (C=O) groups is 2. The Balaban J connectivity index is 0. The van der Waals surface area contributed by atoms with Crippen molar-refractivity contribution in [1.82, 2.24) is 0 Å². The highest BCUT2D eigenvalue weighted by molar-refractivity contribution is 5.84. The van der Waals surface area contributed by atoms with E-state index < -0.39 is 17.9 Å². The molecule has 0 aromatic rings. The maximum absolute atomic E-state index is 10.9. The monoisotopic (exact) mass is 334 g/mol. The van der Waals surface area contributed by atoms with Crippen LogP contribution in [0.25, 0.3) is 0 Å². The van der Waals surface area contributed by atoms with E-state index >= 15 is 0 Å². The molecule has 0 aromatic carbocycles. The average Bonchev–Trinajstić information content (AvgIpc) is 2.48. The molecule has 0 saturated heterocycles. The fourth-order valence-corrected chi connectivity index (χ4v) is 0.611. The van der Waals surface area contributed by atoms with Crippen LogP contribution in [0.1, 0.15) is 34.6 Å². The second kappa shape index (κ2) is 12.4. The summed E-state index contributed by atoms with van der Waals surface area (Å²) < 4.78 is 8.96. The van der Waals surface area contributed by atoms with Gasteiger partial charge in [0.05, 0.1) is 18.5 Å². The number of nitrogens with zero attached hydrogens (tertiary/aromatic N) is 2. The van der Waals surface area contributed by atoms with Gasteiger partial charge in [-0.05, 0) is 34.6 Å². The van der Waals surface area contributed by atoms with Crippen molar-refractivity contribution in [3.63, 3.8) is 0 Å². The van der Waals surface area contributed by atoms with Crippen LogP contribution in [0.2, 0.25) is 0 Å². The molecule has 134 valence electrons. The van der Waals surface area contributed by atoms with E-state index in [0.29, 0.717) is 11.4 Å². The van der Waals surface area contributed by atoms with Gasteiger partial charge in [0.25, 0.3) is 0 Å². The Morgan fingerprint density at radius 1 is 0.913 bits per heavy atom. The van der Waals surface area contributed by atoms with Crippen LogP contribution < -0.4 is 11.5 Å². The van der Waals surface area contributed by atoms with Crippen LogP contribution >= 0.6 is 0 Å². The largest absolute Gasteiger partial charge is 0.535 e. The van der Waals surface area contributed by atoms with Crippen LogP contribution in [0, 0.1) is 0 Å². The first-order valence-electron chi connectivity index (χ1n) is 6.67. The molecule has 10 heteroatoms. The minimum absolute atomic E-state index is 0.253. The molecule has 0 atom stereocenters. The standard InChI is InChI=1S/C8H16N2O3.C5H10N2O3/c1-6(5-9)10-13-7(11)12-8(2,3)4;1-4(3-6)7-10-5(8)9-2/h5,9H2,1-4H3;3,6H2,1-2H3/b10-6+;7-4+. The molecule has 0 unspecified atom stereocenters. The van der Waals surface area contributed by atoms with E-state index in [9.17, 15) is 9.59 Å². The summed E-state index contributed by atoms with van der Waals surface area (Å²) in [5, 5.41) is 6.77. The number of rotatable bonds is 4. The van der Waals surface area contributed by atoms with Gasteiger partial charge in [-0.3, -0.25) is 9.68 Å². The van der Waals surface area contributed by atoms with Gasteiger partial charge in [-0.25, -0.2) is 9.59 Å². The number of hydrogen-bond donors (Lipinski definition) is 2. The summed E-state index contributed by atoms with van der Waals surface area (Å²) in [6.45, 7) is 9.04. The van der Waals surface area contributed by atoms with E-state index in [2.05, 4.69) is 24.7 Å². The Morgan fingerprint density at radius 3 is 1.61 bits per heavy atom. The zero-order valence-corrected chi connectivity index (χ0v) is 14.4. The first kappa shape index (κ1) is 23.1. The summed E-state index contributed by atoms with van der Waals surface area (Å²) in [6.07, 6.45) is -1.66. The number of ether oxygens (including phenoxy) is 2. The number of methoxy groups -OCH3 is 1. The molecule has 0 amide bonds. The Bertz CT molecular complexity index is 429. The highest BCUT2D eigenvalue weighted by Gasteiger charge is 2.17. The highest BCUT2D eigenvalue weighted by atomic mass is 16.8. The maximum atomic E-state index is 10.9. The average molecular weight is 334 g/mol. The van der Waals surface area contributed by atoms with Gasteiger partial charge in [-0.1, -0.05) is 10.3 Å². The van der Waals surface area contributed by atoms with Crippen molar-refractivity contribution in [2.75, 3.05) is 20.2 Å². The maximum Gasteiger partial charge on any atom is 0.535 e. The van der Waals surface area contributed by atoms with Crippen molar-refractivity contribution < 1.29 is 28.7 Å². The third-order valence-corrected chi connectivity index (χ3v) is 1.70. The van der Waals surface area contributed by atoms with Gasteiger partial charge in [-0.15, -0.1) is 0 Å². The Morgan fingerprint density at radius 2 is 1.30 bits per heavy atom. The highest BCUT2D eigenvalue weighted by Crippen LogP contribution is 2.07. The predicted octanol–water partition coefficient (Wildman–Crippen LogP) is 1.38. The predicted molar refractivity (Wildman–Crippen MR) is 85.1 cm³/mol. The minimum atomic E-state index is -0.840. The zero-order chi connectivity index (χ0) is 18.5. The van der Waals surface area contributed by atoms with Crippen molar-refractivity contribution in [3.8, 4) is 0 Å². The number of oxime groups is 2. The van der Waals surface area contributed by atoms with Gasteiger partial charge in [-0.2, -0.15) is 0 Å². The van der Waals surface area contributed by atoms with E-state index in [-0.39, 0.29) is 13.1 Å². The van der Waals surface area contributed by atoms with Gasteiger partial charge in [0, 0.05) is 13.1 Å². The molecule has 4 N–H and O–H groups in total. The summed E-state index contributed by atoms with van der Waals surface area (Å²) in [7, 11) is 1.20. The molecule has 0 aliphatic carbocycles. The van der Waals surface area contributed by atoms with Crippen molar-refractivity contribution >= 4 is 23.7 Å². The number of hydrogen-bond acceptors (Lipinski definition) is 10. The van der Waals surface area contributed by atoms with E-state index in [1.54, 1.807) is 34.6 Å². The van der Waals surface area contributed by atoms with Crippen LogP contribution in [0.4, 0.5) is 9.59 Å². The molecule has 0 heterocycles. The first-order valence-corrected chi connectivity index (χ1v) is 6.67. The van der Waals surface area contributed by atoms with Gasteiger partial charge >= 0.3 is 12.3 Å². The van der Waals surface area contributed by atoms with E-state index in [1.165, 1.54) is 7.11 Å². The number of carbonyl (C=O) groups excluding carboxylic acids is 2. The lowest BCUT2D eigenvalue weighted by Crippen LogP contribution is -2.24. The molecule has 0 aliphatic rings. The third kappa shape index (κ3) is 17.7. The molecule has 0 bridgehead atoms. The van der Waals surface area contributed by atoms with Gasteiger partial charge in [0.2, 0.25) is 0 Å². The van der Waals surface area contributed by atoms with Crippen molar-refractivity contribution in [3.05, 3.63) is 0 Å². The molecule has 0 spiro atoms. The van der Waals surface area contributed by atoms with Crippen LogP contribution in [0.3, 0.4) is 0 Å². The van der Waals surface area contributed by atoms with Crippen LogP contribution in [-0.2, 0) is 19.1 Å². The van der Waals surface area contributed by atoms with Crippen molar-refractivity contribution in [2.45, 2.75) is 40.2 Å². The normalized spacial score (nSPS) is 11.8. The fraction of sp³-hybridized carbons (Fsp3) is 0.692. The third-order valence-electron chi connectivity index (χ3n) is 1.70. The minimum Gasteiger partial charge on any atom is -0.436 e. The Kier molecular flexibility index (Phi) is 12.4. The molecule has 0 radical (unpaired) electrons. The SMILES string of the molecule is C/C(CN)=N\OC(=O)OC(C)(C)C.COC(=O)O/N=C(\C)CN. The van der Waals surface area contributed by atoms with Gasteiger partial charge < -0.3 is 20.9 Å². The second-order valence-corrected chi connectivity index (χ2v) is 5.16. The molecule has 10 nitrogen and oxygen atoms in total. The zero-order valence-electron chi connectivity index (χ0n) is 14.4. The molecule has 0 aliphatic heterocycles. The van der Waals surface area contributed by atoms with E-state index in [0.717, 1.165) is 0 Å². The summed E-state index contributed by atoms with van der Waals surface area (Å²) in [5.74, 6) is 0. The molecule has 0 rings (SSSR count). The number of nitrogens with two attached hydrogens (primary N) is 2. The quantitative estimate of drug-likeness (QED) is 0.339. The van der Waals surface area contributed by atoms with Crippen LogP contribution in [0.15, 0.2) is 10.3 Å². The summed E-state index contributed by atoms with van der Waals surface area (Å²) >= 11 is 0. The summed E-state index contributed by atoms with van der Waals surface area (Å²) in [6, 6.07) is 0. The smallest absolute Gasteiger partial charge is 0.436 e. The lowest BCUT2D eigenvalue weighted by Gasteiger charge is -2.17. The Hall–Kier alpha value is -2.20. The molecular weight excluding hydrogens is 308 g/mol. The molecule has 23 heavy (non-hydrogen) atoms. The summed E-state index contributed by atoms with van der Waals surface area (Å²) in [4.78, 5) is 29.7. The van der Waals surface area contributed by atoms with Crippen molar-refractivity contribution in [2.24, 2.45) is 21.8 Å². The first-order chi connectivity index (χ1) is 10.6. The Labute approximate surface area is 135 Å².